The highest BCUT2D eigenvalue weighted by Gasteiger charge is 2.20. The molecule has 0 saturated carbocycles. The first-order valence-electron chi connectivity index (χ1n) is 8.67. The van der Waals surface area contributed by atoms with Crippen LogP contribution in [-0.4, -0.2) is 79.6 Å². The number of hydrogen-bond acceptors (Lipinski definition) is 8. The molecule has 142 valence electrons. The Morgan fingerprint density at radius 2 is 2.00 bits per heavy atom. The molecule has 9 heteroatoms. The van der Waals surface area contributed by atoms with Crippen molar-refractivity contribution in [3.8, 4) is 0 Å². The molecule has 0 radical (unpaired) electrons. The number of morpholine rings is 1. The van der Waals surface area contributed by atoms with Gasteiger partial charge < -0.3 is 24.7 Å². The molecule has 2 heterocycles. The first-order valence-corrected chi connectivity index (χ1v) is 8.67. The summed E-state index contributed by atoms with van der Waals surface area (Å²) in [6, 6.07) is 0. The smallest absolute Gasteiger partial charge is 0.343 e. The third-order valence-corrected chi connectivity index (χ3v) is 3.87. The van der Waals surface area contributed by atoms with Crippen LogP contribution in [0.15, 0.2) is 6.20 Å². The van der Waals surface area contributed by atoms with E-state index in [-0.39, 0.29) is 11.4 Å². The van der Waals surface area contributed by atoms with Gasteiger partial charge in [-0.3, -0.25) is 4.90 Å². The normalized spacial score (nSPS) is 15.6. The molecule has 2 rings (SSSR count). The SMILES string of the molecule is CCOC(Cn1ncc(C(=O)OCCN2CCOCC2)c1N)OCC. The average molecular weight is 356 g/mol. The van der Waals surface area contributed by atoms with Crippen molar-refractivity contribution in [1.82, 2.24) is 14.7 Å². The number of hydrogen-bond donors (Lipinski definition) is 1. The molecule has 0 unspecified atom stereocenters. The van der Waals surface area contributed by atoms with Crippen molar-refractivity contribution in [2.45, 2.75) is 26.7 Å². The third-order valence-electron chi connectivity index (χ3n) is 3.87. The number of nitrogens with zero attached hydrogens (tertiary/aromatic N) is 3. The number of aromatic nitrogens is 2. The van der Waals surface area contributed by atoms with Crippen LogP contribution in [0.5, 0.6) is 0 Å². The number of ether oxygens (including phenoxy) is 4. The van der Waals surface area contributed by atoms with Crippen molar-refractivity contribution in [3.63, 3.8) is 0 Å². The Morgan fingerprint density at radius 3 is 2.64 bits per heavy atom. The van der Waals surface area contributed by atoms with Gasteiger partial charge in [-0.25, -0.2) is 9.48 Å². The predicted octanol–water partition coefficient (Wildman–Crippen LogP) is 0.353. The molecule has 0 bridgehead atoms. The lowest BCUT2D eigenvalue weighted by Gasteiger charge is -2.26. The standard InChI is InChI=1S/C16H28N4O5/c1-3-23-14(24-4-2)12-20-15(17)13(11-18-20)16(21)25-10-7-19-5-8-22-9-6-19/h11,14H,3-10,12,17H2,1-2H3. The van der Waals surface area contributed by atoms with Crippen LogP contribution in [0.25, 0.3) is 0 Å². The van der Waals surface area contributed by atoms with E-state index in [0.717, 1.165) is 13.1 Å². The Morgan fingerprint density at radius 1 is 1.32 bits per heavy atom. The number of carbonyl (C=O) groups excluding carboxylic acids is 1. The Kier molecular flexibility index (Phi) is 8.13. The van der Waals surface area contributed by atoms with Gasteiger partial charge in [-0.15, -0.1) is 0 Å². The molecule has 1 aromatic heterocycles. The maximum Gasteiger partial charge on any atom is 0.343 e. The van der Waals surface area contributed by atoms with Crippen LogP contribution in [0.3, 0.4) is 0 Å². The lowest BCUT2D eigenvalue weighted by Crippen LogP contribution is -2.38. The van der Waals surface area contributed by atoms with Gasteiger partial charge in [-0.2, -0.15) is 5.10 Å². The quantitative estimate of drug-likeness (QED) is 0.473. The van der Waals surface area contributed by atoms with E-state index >= 15 is 0 Å². The highest BCUT2D eigenvalue weighted by atomic mass is 16.7. The number of esters is 1. The van der Waals surface area contributed by atoms with Crippen LogP contribution in [0.4, 0.5) is 5.82 Å². The van der Waals surface area contributed by atoms with E-state index in [4.69, 9.17) is 24.7 Å². The molecule has 9 nitrogen and oxygen atoms in total. The molecule has 0 aromatic carbocycles. The van der Waals surface area contributed by atoms with Crippen molar-refractivity contribution in [1.29, 1.82) is 0 Å². The average Bonchev–Trinajstić information content (AvgIpc) is 2.97. The maximum atomic E-state index is 12.2. The zero-order valence-electron chi connectivity index (χ0n) is 15.0. The summed E-state index contributed by atoms with van der Waals surface area (Å²) >= 11 is 0. The number of nitrogen functional groups attached to an aromatic ring is 1. The van der Waals surface area contributed by atoms with E-state index < -0.39 is 12.3 Å². The minimum Gasteiger partial charge on any atom is -0.461 e. The fraction of sp³-hybridized carbons (Fsp3) is 0.750. The van der Waals surface area contributed by atoms with Crippen LogP contribution >= 0.6 is 0 Å². The molecule has 1 aliphatic heterocycles. The van der Waals surface area contributed by atoms with Gasteiger partial charge in [0.2, 0.25) is 0 Å². The molecule has 25 heavy (non-hydrogen) atoms. The van der Waals surface area contributed by atoms with Gasteiger partial charge in [0, 0.05) is 32.8 Å². The van der Waals surface area contributed by atoms with Crippen LogP contribution in [0, 0.1) is 0 Å². The summed E-state index contributed by atoms with van der Waals surface area (Å²) in [6.45, 7) is 9.25. The monoisotopic (exact) mass is 356 g/mol. The first-order chi connectivity index (χ1) is 12.2. The van der Waals surface area contributed by atoms with Gasteiger partial charge in [0.05, 0.1) is 26.0 Å². The fourth-order valence-electron chi connectivity index (χ4n) is 2.53. The van der Waals surface area contributed by atoms with Crippen molar-refractivity contribution in [3.05, 3.63) is 11.8 Å². The fourth-order valence-corrected chi connectivity index (χ4v) is 2.53. The van der Waals surface area contributed by atoms with Crippen LogP contribution in [-0.2, 0) is 25.5 Å². The van der Waals surface area contributed by atoms with Gasteiger partial charge in [0.1, 0.15) is 18.0 Å². The highest BCUT2D eigenvalue weighted by Crippen LogP contribution is 2.14. The Balaban J connectivity index is 1.84. The molecule has 1 aromatic rings. The largest absolute Gasteiger partial charge is 0.461 e. The Bertz CT molecular complexity index is 525. The summed E-state index contributed by atoms with van der Waals surface area (Å²) in [6.07, 6.45) is 0.962. The molecular formula is C16H28N4O5. The van der Waals surface area contributed by atoms with Crippen LogP contribution in [0.2, 0.25) is 0 Å². The summed E-state index contributed by atoms with van der Waals surface area (Å²) in [5, 5.41) is 4.14. The zero-order valence-corrected chi connectivity index (χ0v) is 15.0. The highest BCUT2D eigenvalue weighted by molar-refractivity contribution is 5.93. The number of carbonyl (C=O) groups is 1. The molecule has 1 saturated heterocycles. The van der Waals surface area contributed by atoms with E-state index in [1.165, 1.54) is 10.9 Å². The predicted molar refractivity (Wildman–Crippen MR) is 91.2 cm³/mol. The van der Waals surface area contributed by atoms with Gasteiger partial charge in [0.25, 0.3) is 0 Å². The third kappa shape index (κ3) is 5.96. The van der Waals surface area contributed by atoms with Crippen LogP contribution < -0.4 is 5.73 Å². The molecule has 0 atom stereocenters. The van der Waals surface area contributed by atoms with E-state index in [2.05, 4.69) is 10.00 Å². The van der Waals surface area contributed by atoms with Gasteiger partial charge in [0.15, 0.2) is 6.29 Å². The van der Waals surface area contributed by atoms with Crippen LogP contribution in [0.1, 0.15) is 24.2 Å². The van der Waals surface area contributed by atoms with Crippen molar-refractivity contribution in [2.75, 3.05) is 58.4 Å². The van der Waals surface area contributed by atoms with E-state index in [1.807, 2.05) is 13.8 Å². The van der Waals surface area contributed by atoms with E-state index in [0.29, 0.717) is 46.1 Å². The van der Waals surface area contributed by atoms with Gasteiger partial charge >= 0.3 is 5.97 Å². The second kappa shape index (κ2) is 10.3. The summed E-state index contributed by atoms with van der Waals surface area (Å²) in [7, 11) is 0. The van der Waals surface area contributed by atoms with E-state index in [1.54, 1.807) is 0 Å². The molecule has 0 amide bonds. The lowest BCUT2D eigenvalue weighted by molar-refractivity contribution is -0.144. The van der Waals surface area contributed by atoms with Crippen molar-refractivity contribution >= 4 is 11.8 Å². The summed E-state index contributed by atoms with van der Waals surface area (Å²) in [5.41, 5.74) is 6.28. The van der Waals surface area contributed by atoms with Gasteiger partial charge in [-0.05, 0) is 13.8 Å². The summed E-state index contributed by atoms with van der Waals surface area (Å²) < 4.78 is 23.0. The Hall–Kier alpha value is -1.68. The second-order valence-electron chi connectivity index (χ2n) is 5.56. The Labute approximate surface area is 147 Å². The molecule has 0 aliphatic carbocycles. The number of rotatable bonds is 10. The lowest BCUT2D eigenvalue weighted by atomic mass is 10.3. The number of nitrogens with two attached hydrogens (primary N) is 1. The molecular weight excluding hydrogens is 328 g/mol. The van der Waals surface area contributed by atoms with E-state index in [9.17, 15) is 4.79 Å². The molecule has 1 aliphatic rings. The maximum absolute atomic E-state index is 12.2. The summed E-state index contributed by atoms with van der Waals surface area (Å²) in [4.78, 5) is 14.4. The van der Waals surface area contributed by atoms with Crippen molar-refractivity contribution in [2.24, 2.45) is 0 Å². The minimum absolute atomic E-state index is 0.251. The molecule has 1 fully saturated rings. The minimum atomic E-state index is -0.471. The second-order valence-corrected chi connectivity index (χ2v) is 5.56. The molecule has 0 spiro atoms. The zero-order chi connectivity index (χ0) is 18.1. The van der Waals surface area contributed by atoms with Crippen molar-refractivity contribution < 1.29 is 23.7 Å². The number of anilines is 1. The van der Waals surface area contributed by atoms with Gasteiger partial charge in [-0.1, -0.05) is 0 Å². The summed E-state index contributed by atoms with van der Waals surface area (Å²) in [5.74, 6) is -0.220. The first kappa shape index (κ1) is 19.6. The topological polar surface area (TPSA) is 101 Å². The molecule has 2 N–H and O–H groups in total.